The van der Waals surface area contributed by atoms with Crippen LogP contribution in [0.5, 0.6) is 5.75 Å². The highest BCUT2D eigenvalue weighted by atomic mass is 32.2. The van der Waals surface area contributed by atoms with Gasteiger partial charge in [-0.2, -0.15) is 8.42 Å². The maximum absolute atomic E-state index is 12.6. The summed E-state index contributed by atoms with van der Waals surface area (Å²) in [4.78, 5) is 12.6. The molecule has 1 amide bonds. The van der Waals surface area contributed by atoms with Gasteiger partial charge in [0.1, 0.15) is 10.6 Å². The van der Waals surface area contributed by atoms with Crippen molar-refractivity contribution < 1.29 is 23.1 Å². The number of hydrogen-bond donors (Lipinski definition) is 2. The van der Waals surface area contributed by atoms with Gasteiger partial charge in [-0.1, -0.05) is 32.9 Å². The quantitative estimate of drug-likeness (QED) is 0.855. The second-order valence-electron chi connectivity index (χ2n) is 7.21. The molecule has 0 unspecified atom stereocenters. The number of rotatable bonds is 4. The number of hydrogen-bond acceptors (Lipinski definition) is 4. The van der Waals surface area contributed by atoms with E-state index in [9.17, 15) is 13.2 Å². The summed E-state index contributed by atoms with van der Waals surface area (Å²) in [6.45, 7) is 7.94. The zero-order chi connectivity index (χ0) is 19.7. The Morgan fingerprint density at radius 1 is 1.12 bits per heavy atom. The number of anilines is 1. The molecule has 0 aliphatic carbocycles. The molecule has 0 heterocycles. The van der Waals surface area contributed by atoms with Gasteiger partial charge < -0.3 is 10.1 Å². The molecule has 0 spiro atoms. The molecule has 140 valence electrons. The van der Waals surface area contributed by atoms with Gasteiger partial charge in [0.05, 0.1) is 12.8 Å². The van der Waals surface area contributed by atoms with E-state index in [2.05, 4.69) is 31.2 Å². The van der Waals surface area contributed by atoms with Crippen molar-refractivity contribution in [3.8, 4) is 5.75 Å². The third-order valence-corrected chi connectivity index (χ3v) is 5.20. The standard InChI is InChI=1S/C19H24N2O4S/c1-12-10-16(25-5)15(11-17(12)26(20,23)24)21-18(22)13-6-8-14(9-7-13)19(2,3)4/h6-11H,1-5H3,(H,21,22)(H2,20,23,24)/p+1. The average molecular weight is 377 g/mol. The van der Waals surface area contributed by atoms with E-state index in [1.165, 1.54) is 13.2 Å². The van der Waals surface area contributed by atoms with Crippen molar-refractivity contribution in [2.45, 2.75) is 38.0 Å². The number of quaternary nitrogens is 1. The van der Waals surface area contributed by atoms with Crippen LogP contribution in [0.15, 0.2) is 41.3 Å². The molecule has 0 saturated heterocycles. The van der Waals surface area contributed by atoms with Gasteiger partial charge in [-0.25, -0.2) is 5.14 Å². The summed E-state index contributed by atoms with van der Waals surface area (Å²) in [6.07, 6.45) is 0. The first-order chi connectivity index (χ1) is 11.9. The molecular formula is C19H25N2O4S+. The number of sulfonamides is 1. The van der Waals surface area contributed by atoms with Crippen LogP contribution in [0, 0.1) is 6.92 Å². The molecule has 0 atom stereocenters. The predicted molar refractivity (Wildman–Crippen MR) is 101 cm³/mol. The van der Waals surface area contributed by atoms with Gasteiger partial charge in [0, 0.05) is 5.56 Å². The molecule has 0 aromatic heterocycles. The molecule has 0 fully saturated rings. The second-order valence-corrected chi connectivity index (χ2v) is 8.88. The molecule has 0 bridgehead atoms. The van der Waals surface area contributed by atoms with Crippen LogP contribution in [0.1, 0.15) is 42.3 Å². The fraction of sp³-hybridized carbons (Fsp3) is 0.316. The summed E-state index contributed by atoms with van der Waals surface area (Å²) in [7, 11) is -2.20. The molecular weight excluding hydrogens is 352 g/mol. The summed E-state index contributed by atoms with van der Waals surface area (Å²) in [5.74, 6) is 0.0367. The summed E-state index contributed by atoms with van der Waals surface area (Å²) in [5.41, 5.74) is 2.37. The minimum absolute atomic E-state index is 0.00737. The van der Waals surface area contributed by atoms with E-state index in [0.717, 1.165) is 5.56 Å². The van der Waals surface area contributed by atoms with Crippen LogP contribution >= 0.6 is 0 Å². The van der Waals surface area contributed by atoms with Crippen molar-refractivity contribution in [3.63, 3.8) is 0 Å². The smallest absolute Gasteiger partial charge is 0.322 e. The third-order valence-electron chi connectivity index (χ3n) is 4.09. The van der Waals surface area contributed by atoms with Gasteiger partial charge in [-0.3, -0.25) is 4.79 Å². The van der Waals surface area contributed by atoms with E-state index in [4.69, 9.17) is 4.74 Å². The highest BCUT2D eigenvalue weighted by Gasteiger charge is 2.20. The average Bonchev–Trinajstić information content (AvgIpc) is 2.54. The number of carbonyl (C=O) groups excluding carboxylic acids is 1. The van der Waals surface area contributed by atoms with Crippen molar-refractivity contribution in [3.05, 3.63) is 53.1 Å². The number of benzene rings is 2. The third kappa shape index (κ3) is 4.42. The maximum atomic E-state index is 12.6. The molecule has 0 aliphatic rings. The van der Waals surface area contributed by atoms with Gasteiger partial charge in [-0.15, -0.1) is 0 Å². The highest BCUT2D eigenvalue weighted by molar-refractivity contribution is 7.84. The molecule has 26 heavy (non-hydrogen) atoms. The first-order valence-electron chi connectivity index (χ1n) is 8.12. The zero-order valence-electron chi connectivity index (χ0n) is 15.7. The lowest BCUT2D eigenvalue weighted by Crippen LogP contribution is -2.56. The van der Waals surface area contributed by atoms with Gasteiger partial charge >= 0.3 is 10.0 Å². The highest BCUT2D eigenvalue weighted by Crippen LogP contribution is 2.30. The van der Waals surface area contributed by atoms with Crippen LogP contribution in [0.3, 0.4) is 0 Å². The number of carbonyl (C=O) groups is 1. The van der Waals surface area contributed by atoms with Crippen LogP contribution in [0.2, 0.25) is 0 Å². The lowest BCUT2D eigenvalue weighted by Gasteiger charge is -2.19. The van der Waals surface area contributed by atoms with Crippen molar-refractivity contribution in [2.24, 2.45) is 0 Å². The molecule has 7 heteroatoms. The van der Waals surface area contributed by atoms with E-state index < -0.39 is 10.0 Å². The number of ether oxygens (including phenoxy) is 1. The first-order valence-corrected chi connectivity index (χ1v) is 9.77. The van der Waals surface area contributed by atoms with Crippen molar-refractivity contribution in [1.29, 1.82) is 0 Å². The predicted octanol–water partition coefficient (Wildman–Crippen LogP) is 2.48. The molecule has 0 aliphatic heterocycles. The Balaban J connectivity index is 2.36. The Bertz CT molecular complexity index is 927. The van der Waals surface area contributed by atoms with Crippen LogP contribution in [-0.4, -0.2) is 21.4 Å². The molecule has 2 aromatic rings. The van der Waals surface area contributed by atoms with Gasteiger partial charge in [-0.05, 0) is 47.7 Å². The molecule has 0 saturated carbocycles. The first kappa shape index (κ1) is 19.9. The Morgan fingerprint density at radius 3 is 2.15 bits per heavy atom. The summed E-state index contributed by atoms with van der Waals surface area (Å²) in [5, 5.41) is 5.91. The molecule has 4 N–H and O–H groups in total. The summed E-state index contributed by atoms with van der Waals surface area (Å²) < 4.78 is 28.9. The van der Waals surface area contributed by atoms with Crippen LogP contribution in [-0.2, 0) is 15.4 Å². The number of nitrogens with one attached hydrogen (secondary N) is 1. The Labute approximate surface area is 154 Å². The van der Waals surface area contributed by atoms with Crippen molar-refractivity contribution in [1.82, 2.24) is 0 Å². The van der Waals surface area contributed by atoms with Crippen molar-refractivity contribution >= 4 is 21.6 Å². The fourth-order valence-electron chi connectivity index (χ4n) is 2.58. The minimum Gasteiger partial charge on any atom is -0.495 e. The van der Waals surface area contributed by atoms with E-state index in [-0.39, 0.29) is 21.9 Å². The van der Waals surface area contributed by atoms with E-state index in [0.29, 0.717) is 16.9 Å². The maximum Gasteiger partial charge on any atom is 0.322 e. The molecule has 0 radical (unpaired) electrons. The Morgan fingerprint density at radius 2 is 1.69 bits per heavy atom. The number of aryl methyl sites for hydroxylation is 1. The number of methoxy groups -OCH3 is 1. The normalized spacial score (nSPS) is 11.9. The van der Waals surface area contributed by atoms with Crippen molar-refractivity contribution in [2.75, 3.05) is 12.4 Å². The zero-order valence-corrected chi connectivity index (χ0v) is 16.5. The Hall–Kier alpha value is -2.38. The van der Waals surface area contributed by atoms with E-state index >= 15 is 0 Å². The monoisotopic (exact) mass is 377 g/mol. The topological polar surface area (TPSA) is 100 Å². The minimum atomic E-state index is -3.66. The summed E-state index contributed by atoms with van der Waals surface area (Å²) in [6, 6.07) is 10.2. The van der Waals surface area contributed by atoms with Crippen LogP contribution in [0.4, 0.5) is 5.69 Å². The van der Waals surface area contributed by atoms with E-state index in [1.807, 2.05) is 12.1 Å². The summed E-state index contributed by atoms with van der Waals surface area (Å²) >= 11 is 0. The second kappa shape index (κ2) is 7.09. The largest absolute Gasteiger partial charge is 0.495 e. The van der Waals surface area contributed by atoms with Gasteiger partial charge in [0.2, 0.25) is 0 Å². The van der Waals surface area contributed by atoms with Crippen LogP contribution in [0.25, 0.3) is 0 Å². The SMILES string of the molecule is COc1cc(C)c(S([NH3+])(=O)=O)cc1NC(=O)c1ccc(C(C)(C)C)cc1. The van der Waals surface area contributed by atoms with Gasteiger partial charge in [0.25, 0.3) is 5.91 Å². The van der Waals surface area contributed by atoms with Crippen LogP contribution < -0.4 is 15.2 Å². The Kier molecular flexibility index (Phi) is 5.44. The number of amides is 1. The molecule has 2 aromatic carbocycles. The molecule has 2 rings (SSSR count). The molecule has 6 nitrogen and oxygen atoms in total. The lowest BCUT2D eigenvalue weighted by molar-refractivity contribution is -0.165. The fourth-order valence-corrected chi connectivity index (χ4v) is 3.43. The lowest BCUT2D eigenvalue weighted by atomic mass is 9.87. The van der Waals surface area contributed by atoms with E-state index in [1.54, 1.807) is 25.1 Å². The van der Waals surface area contributed by atoms with Gasteiger partial charge in [0.15, 0.2) is 0 Å².